The third-order valence-electron chi connectivity index (χ3n) is 3.42. The zero-order valence-corrected chi connectivity index (χ0v) is 16.8. The maximum Gasteiger partial charge on any atom is 0.262 e. The quantitative estimate of drug-likeness (QED) is 0.597. The largest absolute Gasteiger partial charge is 0.482 e. The minimum absolute atomic E-state index is 0.00228. The van der Waals surface area contributed by atoms with Crippen molar-refractivity contribution in [3.05, 3.63) is 53.1 Å². The predicted molar refractivity (Wildman–Crippen MR) is 106 cm³/mol. The number of benzene rings is 2. The summed E-state index contributed by atoms with van der Waals surface area (Å²) >= 11 is 6.07. The molecule has 0 spiro atoms. The van der Waals surface area contributed by atoms with Crippen LogP contribution in [0.3, 0.4) is 0 Å². The number of anilines is 1. The van der Waals surface area contributed by atoms with E-state index in [4.69, 9.17) is 22.1 Å². The number of carbonyl (C=O) groups excluding carboxylic acids is 2. The van der Waals surface area contributed by atoms with Crippen LogP contribution >= 0.6 is 11.6 Å². The highest BCUT2D eigenvalue weighted by Gasteiger charge is 2.17. The van der Waals surface area contributed by atoms with E-state index >= 15 is 0 Å². The summed E-state index contributed by atoms with van der Waals surface area (Å²) < 4.78 is 32.1. The van der Waals surface area contributed by atoms with Gasteiger partial charge in [-0.05, 0) is 56.3 Å². The van der Waals surface area contributed by atoms with Gasteiger partial charge in [0.15, 0.2) is 6.61 Å². The van der Waals surface area contributed by atoms with Crippen LogP contribution in [0.5, 0.6) is 5.75 Å². The highest BCUT2D eigenvalue weighted by molar-refractivity contribution is 7.89. The van der Waals surface area contributed by atoms with Crippen LogP contribution in [0.25, 0.3) is 0 Å². The molecule has 0 saturated heterocycles. The molecule has 0 bridgehead atoms. The molecule has 28 heavy (non-hydrogen) atoms. The van der Waals surface area contributed by atoms with Gasteiger partial charge < -0.3 is 15.8 Å². The third-order valence-corrected chi connectivity index (χ3v) is 5.37. The van der Waals surface area contributed by atoms with E-state index < -0.39 is 21.8 Å². The molecule has 0 aromatic heterocycles. The number of amides is 2. The van der Waals surface area contributed by atoms with Crippen LogP contribution in [-0.2, 0) is 14.8 Å². The molecule has 0 radical (unpaired) electrons. The van der Waals surface area contributed by atoms with Crippen LogP contribution in [-0.4, -0.2) is 32.9 Å². The zero-order valence-electron chi connectivity index (χ0n) is 15.2. The lowest BCUT2D eigenvalue weighted by Crippen LogP contribution is -2.30. The topological polar surface area (TPSA) is 128 Å². The maximum absolute atomic E-state index is 12.1. The number of sulfonamides is 1. The van der Waals surface area contributed by atoms with Crippen molar-refractivity contribution in [1.29, 1.82) is 0 Å². The Kier molecular flexibility index (Phi) is 7.00. The van der Waals surface area contributed by atoms with Gasteiger partial charge in [0.2, 0.25) is 15.9 Å². The Morgan fingerprint density at radius 1 is 1.14 bits per heavy atom. The summed E-state index contributed by atoms with van der Waals surface area (Å²) in [4.78, 5) is 23.0. The lowest BCUT2D eigenvalue weighted by molar-refractivity contribution is -0.118. The summed E-state index contributed by atoms with van der Waals surface area (Å²) in [6.45, 7) is 3.07. The molecule has 2 aromatic carbocycles. The van der Waals surface area contributed by atoms with Crippen LogP contribution in [0.2, 0.25) is 5.02 Å². The van der Waals surface area contributed by atoms with Gasteiger partial charge in [-0.15, -0.1) is 0 Å². The van der Waals surface area contributed by atoms with E-state index in [1.165, 1.54) is 42.5 Å². The van der Waals surface area contributed by atoms with Crippen molar-refractivity contribution >= 4 is 39.1 Å². The monoisotopic (exact) mass is 425 g/mol. The number of carbonyl (C=O) groups is 2. The van der Waals surface area contributed by atoms with Crippen molar-refractivity contribution in [2.45, 2.75) is 24.8 Å². The minimum Gasteiger partial charge on any atom is -0.482 e. The summed E-state index contributed by atoms with van der Waals surface area (Å²) in [6.07, 6.45) is 0. The highest BCUT2D eigenvalue weighted by Crippen LogP contribution is 2.27. The number of nitrogens with one attached hydrogen (secondary N) is 2. The fourth-order valence-electron chi connectivity index (χ4n) is 2.20. The Balaban J connectivity index is 1.98. The minimum atomic E-state index is -3.68. The summed E-state index contributed by atoms with van der Waals surface area (Å²) in [5.41, 5.74) is 5.94. The summed E-state index contributed by atoms with van der Waals surface area (Å²) in [5, 5.41) is 2.65. The van der Waals surface area contributed by atoms with Crippen molar-refractivity contribution in [3.8, 4) is 5.75 Å². The average molecular weight is 426 g/mol. The van der Waals surface area contributed by atoms with E-state index in [-0.39, 0.29) is 28.3 Å². The van der Waals surface area contributed by atoms with Gasteiger partial charge in [-0.25, -0.2) is 13.1 Å². The first kappa shape index (κ1) is 21.7. The molecule has 0 aliphatic rings. The second-order valence-electron chi connectivity index (χ2n) is 6.15. The molecule has 0 aliphatic carbocycles. The Bertz CT molecular complexity index is 975. The molecule has 10 heteroatoms. The van der Waals surface area contributed by atoms with Gasteiger partial charge in [-0.3, -0.25) is 9.59 Å². The Labute approximate surface area is 168 Å². The molecule has 2 aromatic rings. The first-order valence-corrected chi connectivity index (χ1v) is 10.1. The summed E-state index contributed by atoms with van der Waals surface area (Å²) in [7, 11) is -3.68. The van der Waals surface area contributed by atoms with E-state index in [1.807, 2.05) is 0 Å². The second-order valence-corrected chi connectivity index (χ2v) is 8.27. The lowest BCUT2D eigenvalue weighted by atomic mass is 10.2. The number of hydrogen-bond acceptors (Lipinski definition) is 5. The molecule has 2 rings (SSSR count). The van der Waals surface area contributed by atoms with E-state index in [9.17, 15) is 18.0 Å². The van der Waals surface area contributed by atoms with Crippen LogP contribution in [0, 0.1) is 0 Å². The molecule has 0 atom stereocenters. The first-order chi connectivity index (χ1) is 13.1. The highest BCUT2D eigenvalue weighted by atomic mass is 35.5. The van der Waals surface area contributed by atoms with Gasteiger partial charge in [-0.2, -0.15) is 0 Å². The molecule has 0 saturated carbocycles. The van der Waals surface area contributed by atoms with Crippen molar-refractivity contribution in [2.75, 3.05) is 11.9 Å². The summed E-state index contributed by atoms with van der Waals surface area (Å²) in [5.74, 6) is -0.852. The Morgan fingerprint density at radius 2 is 1.79 bits per heavy atom. The van der Waals surface area contributed by atoms with E-state index in [2.05, 4.69) is 10.0 Å². The van der Waals surface area contributed by atoms with Gasteiger partial charge in [-0.1, -0.05) is 11.6 Å². The Hall–Kier alpha value is -2.62. The van der Waals surface area contributed by atoms with E-state index in [0.717, 1.165) is 0 Å². The van der Waals surface area contributed by atoms with Crippen molar-refractivity contribution < 1.29 is 22.7 Å². The van der Waals surface area contributed by atoms with Crippen molar-refractivity contribution in [1.82, 2.24) is 4.72 Å². The number of ether oxygens (including phenoxy) is 1. The molecule has 150 valence electrons. The molecule has 4 N–H and O–H groups in total. The van der Waals surface area contributed by atoms with E-state index in [0.29, 0.717) is 11.3 Å². The van der Waals surface area contributed by atoms with Gasteiger partial charge >= 0.3 is 0 Å². The average Bonchev–Trinajstić information content (AvgIpc) is 2.60. The van der Waals surface area contributed by atoms with Crippen LogP contribution in [0.4, 0.5) is 5.69 Å². The van der Waals surface area contributed by atoms with Crippen LogP contribution < -0.4 is 20.5 Å². The standard InChI is InChI=1S/C18H20ClN3O5S/c1-11(2)22-28(25,26)14-7-8-16(15(19)9-14)27-10-17(23)21-13-5-3-12(4-6-13)18(20)24/h3-9,11,22H,10H2,1-2H3,(H2,20,24)(H,21,23). The number of halogens is 1. The number of rotatable bonds is 8. The van der Waals surface area contributed by atoms with Gasteiger partial charge in [0.05, 0.1) is 9.92 Å². The fraction of sp³-hybridized carbons (Fsp3) is 0.222. The normalized spacial score (nSPS) is 11.3. The van der Waals surface area contributed by atoms with Crippen molar-refractivity contribution in [2.24, 2.45) is 5.73 Å². The fourth-order valence-corrected chi connectivity index (χ4v) is 3.78. The van der Waals surface area contributed by atoms with Crippen LogP contribution in [0.1, 0.15) is 24.2 Å². The smallest absolute Gasteiger partial charge is 0.262 e. The third kappa shape index (κ3) is 5.95. The predicted octanol–water partition coefficient (Wildman–Crippen LogP) is 2.14. The maximum atomic E-state index is 12.1. The van der Waals surface area contributed by atoms with Gasteiger partial charge in [0.1, 0.15) is 5.75 Å². The molecule has 2 amide bonds. The Morgan fingerprint density at radius 3 is 2.32 bits per heavy atom. The van der Waals surface area contributed by atoms with Crippen molar-refractivity contribution in [3.63, 3.8) is 0 Å². The first-order valence-electron chi connectivity index (χ1n) is 8.23. The molecule has 0 unspecified atom stereocenters. The molecule has 0 fully saturated rings. The van der Waals surface area contributed by atoms with E-state index in [1.54, 1.807) is 13.8 Å². The summed E-state index contributed by atoms with van der Waals surface area (Å²) in [6, 6.07) is 9.75. The van der Waals surface area contributed by atoms with Gasteiger partial charge in [0, 0.05) is 17.3 Å². The molecular weight excluding hydrogens is 406 g/mol. The van der Waals surface area contributed by atoms with Gasteiger partial charge in [0.25, 0.3) is 5.91 Å². The number of primary amides is 1. The molecule has 8 nitrogen and oxygen atoms in total. The molecular formula is C18H20ClN3O5S. The molecule has 0 heterocycles. The number of nitrogens with two attached hydrogens (primary N) is 1. The number of hydrogen-bond donors (Lipinski definition) is 3. The van der Waals surface area contributed by atoms with Crippen LogP contribution in [0.15, 0.2) is 47.4 Å². The lowest BCUT2D eigenvalue weighted by Gasteiger charge is -2.12. The SMILES string of the molecule is CC(C)NS(=O)(=O)c1ccc(OCC(=O)Nc2ccc(C(N)=O)cc2)c(Cl)c1. The second kappa shape index (κ2) is 9.05. The molecule has 0 aliphatic heterocycles. The zero-order chi connectivity index (χ0) is 20.9.